The predicted octanol–water partition coefficient (Wildman–Crippen LogP) is 2.53. The van der Waals surface area contributed by atoms with Gasteiger partial charge in [0.2, 0.25) is 29.5 Å². The Bertz CT molecular complexity index is 4410. The van der Waals surface area contributed by atoms with E-state index in [0.29, 0.717) is 106 Å². The Balaban J connectivity index is 0.000000166. The zero-order valence-electron chi connectivity index (χ0n) is 59.0. The van der Waals surface area contributed by atoms with Crippen molar-refractivity contribution in [1.82, 2.24) is 65.7 Å². The molecule has 8 aliphatic heterocycles. The van der Waals surface area contributed by atoms with Gasteiger partial charge in [-0.1, -0.05) is 60.7 Å². The molecule has 2 aromatic heterocycles. The molecule has 0 bridgehead atoms. The van der Waals surface area contributed by atoms with Gasteiger partial charge < -0.3 is 46.8 Å². The number of β-amino-alcohol motifs (C(OH)–C–C–N with tert-alkyl or cyclic N) is 2. The maximum absolute atomic E-state index is 13.3. The molecule has 0 aliphatic carbocycles. The van der Waals surface area contributed by atoms with E-state index in [0.717, 1.165) is 61.9 Å². The topological polar surface area (TPSA) is 417 Å². The summed E-state index contributed by atoms with van der Waals surface area (Å²) in [5.74, 6) is -4.98. The van der Waals surface area contributed by atoms with Crippen molar-refractivity contribution in [2.45, 2.75) is 127 Å². The van der Waals surface area contributed by atoms with Crippen LogP contribution < -0.4 is 37.2 Å². The van der Waals surface area contributed by atoms with Gasteiger partial charge in [0.05, 0.1) is 40.5 Å². The number of aliphatic hydroxyl groups is 2. The fourth-order valence-corrected chi connectivity index (χ4v) is 14.3. The van der Waals surface area contributed by atoms with E-state index in [2.05, 4.69) is 103 Å². The van der Waals surface area contributed by atoms with Gasteiger partial charge >= 0.3 is 5.97 Å². The zero-order chi connectivity index (χ0) is 75.3. The summed E-state index contributed by atoms with van der Waals surface area (Å²) in [5.41, 5.74) is 8.27. The molecule has 8 aliphatic rings. The largest absolute Gasteiger partial charge is 0.481 e. The average Bonchev–Trinajstić information content (AvgIpc) is 1.61. The second kappa shape index (κ2) is 34.9. The third kappa shape index (κ3) is 18.8. The van der Waals surface area contributed by atoms with E-state index < -0.39 is 77.5 Å². The minimum Gasteiger partial charge on any atom is -0.481 e. The first-order valence-electron chi connectivity index (χ1n) is 36.2. The molecule has 0 spiro atoms. The molecule has 2 unspecified atom stereocenters. The number of rotatable bonds is 27. The Labute approximate surface area is 616 Å². The summed E-state index contributed by atoms with van der Waals surface area (Å²) in [6, 6.07) is 28.0. The number of nitrogens with zero attached hydrogens (tertiary/aromatic N) is 9. The third-order valence-corrected chi connectivity index (χ3v) is 20.1. The van der Waals surface area contributed by atoms with E-state index in [9.17, 15) is 67.7 Å². The molecule has 4 saturated heterocycles. The minimum atomic E-state index is -1.04. The summed E-state index contributed by atoms with van der Waals surface area (Å²) in [4.78, 5) is 173. The molecule has 0 radical (unpaired) electrons. The molecule has 31 heteroatoms. The van der Waals surface area contributed by atoms with Gasteiger partial charge in [0.25, 0.3) is 29.5 Å². The molecule has 14 rings (SSSR count). The lowest BCUT2D eigenvalue weighted by molar-refractivity contribution is -0.138. The summed E-state index contributed by atoms with van der Waals surface area (Å²) in [6.45, 7) is 8.26. The van der Waals surface area contributed by atoms with Crippen LogP contribution in [0.15, 0.2) is 110 Å². The van der Waals surface area contributed by atoms with Gasteiger partial charge in [-0.2, -0.15) is 0 Å². The van der Waals surface area contributed by atoms with Crippen molar-refractivity contribution in [3.05, 3.63) is 171 Å². The number of ketones is 1. The number of carbonyl (C=O) groups is 12. The number of aliphatic hydroxyl groups excluding tert-OH is 2. The summed E-state index contributed by atoms with van der Waals surface area (Å²) >= 11 is 0. The van der Waals surface area contributed by atoms with Crippen LogP contribution >= 0.6 is 0 Å². The van der Waals surface area contributed by atoms with E-state index in [-0.39, 0.29) is 96.5 Å². The number of amides is 10. The molecule has 10 amide bonds. The highest BCUT2D eigenvalue weighted by atomic mass is 16.4. The number of imide groups is 4. The van der Waals surface area contributed by atoms with Gasteiger partial charge in [-0.25, -0.2) is 19.9 Å². The molecule has 6 aromatic rings. The van der Waals surface area contributed by atoms with E-state index in [1.165, 1.54) is 47.0 Å². The predicted molar refractivity (Wildman–Crippen MR) is 386 cm³/mol. The van der Waals surface area contributed by atoms with Crippen LogP contribution in [0.2, 0.25) is 0 Å². The lowest BCUT2D eigenvalue weighted by Crippen LogP contribution is -2.54. The molecular weight excluding hydrogens is 1380 g/mol. The van der Waals surface area contributed by atoms with Crippen LogP contribution in [0.4, 0.5) is 17.2 Å². The Kier molecular flexibility index (Phi) is 24.6. The van der Waals surface area contributed by atoms with Gasteiger partial charge in [-0.15, -0.1) is 0 Å². The first kappa shape index (κ1) is 75.6. The van der Waals surface area contributed by atoms with Crippen LogP contribution in [0.25, 0.3) is 0 Å². The lowest BCUT2D eigenvalue weighted by atomic mass is 9.93. The Morgan fingerprint density at radius 3 is 1.64 bits per heavy atom. The fourth-order valence-electron chi connectivity index (χ4n) is 14.3. The normalized spacial score (nSPS) is 19.0. The van der Waals surface area contributed by atoms with Crippen molar-refractivity contribution in [2.24, 2.45) is 5.92 Å². The van der Waals surface area contributed by atoms with Gasteiger partial charge in [0, 0.05) is 140 Å². The van der Waals surface area contributed by atoms with Crippen molar-refractivity contribution >= 4 is 88.0 Å². The number of carboxylic acids is 1. The molecule has 0 saturated carbocycles. The lowest BCUT2D eigenvalue weighted by Gasteiger charge is -2.39. The third-order valence-electron chi connectivity index (χ3n) is 20.1. The number of piperidine rings is 2. The Hall–Kier alpha value is -11.1. The van der Waals surface area contributed by atoms with Gasteiger partial charge in [0.15, 0.2) is 5.78 Å². The number of anilines is 3. The highest BCUT2D eigenvalue weighted by Crippen LogP contribution is 2.35. The van der Waals surface area contributed by atoms with Crippen LogP contribution in [0.5, 0.6) is 0 Å². The van der Waals surface area contributed by atoms with Crippen molar-refractivity contribution in [2.75, 3.05) is 87.9 Å². The van der Waals surface area contributed by atoms with Gasteiger partial charge in [-0.05, 0) is 110 Å². The number of aliphatic carboxylic acids is 1. The smallest absolute Gasteiger partial charge is 0.303 e. The fraction of sp³-hybridized carbons (Fsp3) is 0.421. The zero-order valence-corrected chi connectivity index (χ0v) is 59.0. The molecule has 4 fully saturated rings. The monoisotopic (exact) mass is 1460 g/mol. The standard InChI is InChI=1S/C38H42N8O7.C21H27N5O2.C17H17N3O6/c47-27(21-44-14-12-24-5-1-2-6-25(24)20-44)17-40-35(50)30-16-26(41-22-42-30)15-23-18-45(19-23)33(49)9-4-13-39-29-8-3-7-28-34(29)38(53)46(37(28)52)31-10-11-32(48)43-36(31)51;27-18(13-26-8-7-15-3-1-2-4-16(15)12-26)5-6-20(28)19-9-21(24-14-23-19)25-17-10-22-11-17;21-12-7-6-11(15(24)19-12)20-16(25)9-3-1-4-10(14(9)17(20)26)18-8-2-5-13(22)23/h1-3,5-8,16,22-23,27,31,39,47H,4,9-15,17-21H2,(H,40,50)(H,43,48,51);1-4,9,14,17-18,22,27H,5-8,10-13H2,(H,23,24,25);1,3-4,11,18H,2,5-8H2,(H,22,23)(H,19,21,24)/t27-,31?;18-;/m00./s1. The maximum atomic E-state index is 13.3. The van der Waals surface area contributed by atoms with Gasteiger partial charge in [0.1, 0.15) is 41.9 Å². The Morgan fingerprint density at radius 1 is 0.570 bits per heavy atom. The summed E-state index contributed by atoms with van der Waals surface area (Å²) in [6.07, 6.45) is 6.21. The van der Waals surface area contributed by atoms with Gasteiger partial charge in [-0.3, -0.25) is 87.8 Å². The number of Topliss-reactive ketones (excluding diaryl/α,β-unsaturated/α-hetero) is 1. The Morgan fingerprint density at radius 2 is 1.10 bits per heavy atom. The number of hydrogen-bond donors (Lipinski definition) is 10. The molecule has 107 heavy (non-hydrogen) atoms. The van der Waals surface area contributed by atoms with Crippen LogP contribution in [0.3, 0.4) is 0 Å². The number of carbonyl (C=O) groups excluding carboxylic acids is 11. The number of benzene rings is 4. The molecule has 10 heterocycles. The summed E-state index contributed by atoms with van der Waals surface area (Å²) in [7, 11) is 0. The molecule has 31 nitrogen and oxygen atoms in total. The number of hydrogen-bond acceptors (Lipinski definition) is 24. The summed E-state index contributed by atoms with van der Waals surface area (Å²) < 4.78 is 0. The van der Waals surface area contributed by atoms with Crippen LogP contribution in [-0.2, 0) is 61.1 Å². The van der Waals surface area contributed by atoms with Crippen LogP contribution in [0.1, 0.15) is 155 Å². The second-order valence-corrected chi connectivity index (χ2v) is 27.8. The molecular formula is C76H86N16O15. The number of likely N-dealkylation sites (tertiary alicyclic amines) is 1. The second-order valence-electron chi connectivity index (χ2n) is 27.8. The highest BCUT2D eigenvalue weighted by molar-refractivity contribution is 6.26. The van der Waals surface area contributed by atoms with E-state index >= 15 is 0 Å². The highest BCUT2D eigenvalue weighted by Gasteiger charge is 2.47. The van der Waals surface area contributed by atoms with Crippen LogP contribution in [0, 0.1) is 5.92 Å². The SMILES string of the molecule is O=C(CC[C@H](O)CN1CCc2ccccc2C1)c1cc(NC2CNC2)ncn1.O=C(O)CCCNc1cccc2c1C(=O)N(C1CCC(=O)NC1=O)C2=O.O=C1CCC(N2C(=O)c3cccc(NCCCC(=O)N4CC(Cc5cc(C(=O)NC[C@H](O)CN6CCc7ccccc7C6)ncn5)C4)c3C2=O)C(=O)N1. The molecule has 560 valence electrons. The maximum Gasteiger partial charge on any atom is 0.303 e. The number of carboxylic acid groups (broad SMARTS) is 1. The average molecular weight is 1460 g/mol. The molecule has 4 aromatic carbocycles. The number of aromatic nitrogens is 4. The van der Waals surface area contributed by atoms with Crippen molar-refractivity contribution in [1.29, 1.82) is 0 Å². The van der Waals surface area contributed by atoms with Crippen molar-refractivity contribution in [3.63, 3.8) is 0 Å². The number of fused-ring (bicyclic) bond motifs is 4. The number of nitrogens with one attached hydrogen (secondary N) is 7. The first-order chi connectivity index (χ1) is 51.7. The quantitative estimate of drug-likeness (QED) is 0.0201. The minimum absolute atomic E-state index is 0.00621. The van der Waals surface area contributed by atoms with Crippen molar-refractivity contribution < 1.29 is 72.9 Å². The van der Waals surface area contributed by atoms with E-state index in [1.807, 2.05) is 12.1 Å². The van der Waals surface area contributed by atoms with E-state index in [4.69, 9.17) is 5.11 Å². The summed E-state index contributed by atoms with van der Waals surface area (Å²) in [5, 5.41) is 49.4. The van der Waals surface area contributed by atoms with Crippen LogP contribution in [-0.4, -0.2) is 233 Å². The van der Waals surface area contributed by atoms with Crippen molar-refractivity contribution in [3.8, 4) is 0 Å². The first-order valence-corrected chi connectivity index (χ1v) is 36.2. The van der Waals surface area contributed by atoms with E-state index in [1.54, 1.807) is 41.3 Å². The molecule has 10 N–H and O–H groups in total. The molecule has 4 atom stereocenters.